The molecule has 4 heteroatoms. The van der Waals surface area contributed by atoms with Gasteiger partial charge in [0.1, 0.15) is 5.82 Å². The first-order chi connectivity index (χ1) is 8.97. The quantitative estimate of drug-likeness (QED) is 0.799. The standard InChI is InChI=1S/C15H13BrFNO/c1-9-3-5-12(10(2)18-9)15(19)8-11-4-6-14(17)13(16)7-11/h3-7H,8H2,1-2H3. The lowest BCUT2D eigenvalue weighted by Crippen LogP contribution is -2.07. The molecule has 0 spiro atoms. The van der Waals surface area contributed by atoms with Gasteiger partial charge < -0.3 is 0 Å². The molecule has 2 nitrogen and oxygen atoms in total. The first kappa shape index (κ1) is 13.9. The molecule has 0 amide bonds. The molecule has 2 aromatic rings. The maximum absolute atomic E-state index is 13.1. The molecule has 0 aliphatic heterocycles. The van der Waals surface area contributed by atoms with E-state index in [0.717, 1.165) is 17.0 Å². The molecule has 1 aromatic carbocycles. The molecule has 0 bridgehead atoms. The molecule has 2 rings (SSSR count). The summed E-state index contributed by atoms with van der Waals surface area (Å²) < 4.78 is 13.5. The van der Waals surface area contributed by atoms with E-state index >= 15 is 0 Å². The summed E-state index contributed by atoms with van der Waals surface area (Å²) in [6.07, 6.45) is 0.241. The zero-order valence-electron chi connectivity index (χ0n) is 10.7. The summed E-state index contributed by atoms with van der Waals surface area (Å²) in [5.41, 5.74) is 3.01. The van der Waals surface area contributed by atoms with Gasteiger partial charge in [0.25, 0.3) is 0 Å². The Balaban J connectivity index is 2.23. The van der Waals surface area contributed by atoms with Crippen molar-refractivity contribution in [3.05, 3.63) is 63.1 Å². The Morgan fingerprint density at radius 2 is 2.00 bits per heavy atom. The van der Waals surface area contributed by atoms with Crippen LogP contribution in [0.25, 0.3) is 0 Å². The Kier molecular flexibility index (Phi) is 4.10. The molecule has 19 heavy (non-hydrogen) atoms. The van der Waals surface area contributed by atoms with Gasteiger partial charge in [-0.25, -0.2) is 4.39 Å². The van der Waals surface area contributed by atoms with E-state index in [0.29, 0.717) is 10.0 Å². The minimum Gasteiger partial charge on any atom is -0.294 e. The molecule has 1 heterocycles. The van der Waals surface area contributed by atoms with Crippen LogP contribution >= 0.6 is 15.9 Å². The summed E-state index contributed by atoms with van der Waals surface area (Å²) in [7, 11) is 0. The third-order valence-corrected chi connectivity index (χ3v) is 3.48. The van der Waals surface area contributed by atoms with Crippen LogP contribution in [0.15, 0.2) is 34.8 Å². The van der Waals surface area contributed by atoms with E-state index in [1.807, 2.05) is 19.9 Å². The lowest BCUT2D eigenvalue weighted by Gasteiger charge is -2.06. The molecule has 0 aliphatic rings. The summed E-state index contributed by atoms with van der Waals surface area (Å²) in [5.74, 6) is -0.340. The van der Waals surface area contributed by atoms with Crippen LogP contribution in [0.2, 0.25) is 0 Å². The second-order valence-electron chi connectivity index (χ2n) is 4.43. The molecule has 0 aliphatic carbocycles. The summed E-state index contributed by atoms with van der Waals surface area (Å²) >= 11 is 3.12. The maximum atomic E-state index is 13.1. The molecule has 0 fully saturated rings. The topological polar surface area (TPSA) is 30.0 Å². The van der Waals surface area contributed by atoms with Crippen molar-refractivity contribution in [2.24, 2.45) is 0 Å². The van der Waals surface area contributed by atoms with Crippen LogP contribution in [-0.4, -0.2) is 10.8 Å². The first-order valence-electron chi connectivity index (χ1n) is 5.89. The molecular formula is C15H13BrFNO. The number of aromatic nitrogens is 1. The van der Waals surface area contributed by atoms with Gasteiger partial charge >= 0.3 is 0 Å². The van der Waals surface area contributed by atoms with Crippen molar-refractivity contribution in [1.29, 1.82) is 0 Å². The summed E-state index contributed by atoms with van der Waals surface area (Å²) in [6, 6.07) is 8.21. The van der Waals surface area contributed by atoms with E-state index in [4.69, 9.17) is 0 Å². The van der Waals surface area contributed by atoms with E-state index < -0.39 is 0 Å². The van der Waals surface area contributed by atoms with Crippen molar-refractivity contribution in [1.82, 2.24) is 4.98 Å². The number of rotatable bonds is 3. The molecule has 98 valence electrons. The van der Waals surface area contributed by atoms with E-state index in [1.54, 1.807) is 18.2 Å². The minimum absolute atomic E-state index is 0.0106. The molecule has 0 radical (unpaired) electrons. The van der Waals surface area contributed by atoms with Crippen LogP contribution in [0, 0.1) is 19.7 Å². The van der Waals surface area contributed by atoms with E-state index in [-0.39, 0.29) is 18.0 Å². The van der Waals surface area contributed by atoms with Crippen molar-refractivity contribution >= 4 is 21.7 Å². The zero-order valence-corrected chi connectivity index (χ0v) is 12.3. The fourth-order valence-corrected chi connectivity index (χ4v) is 2.34. The molecule has 0 saturated carbocycles. The monoisotopic (exact) mass is 321 g/mol. The first-order valence-corrected chi connectivity index (χ1v) is 6.68. The van der Waals surface area contributed by atoms with Crippen molar-refractivity contribution in [2.45, 2.75) is 20.3 Å². The van der Waals surface area contributed by atoms with Crippen LogP contribution in [0.1, 0.15) is 27.3 Å². The number of Topliss-reactive ketones (excluding diaryl/α,β-unsaturated/α-hetero) is 1. The summed E-state index contributed by atoms with van der Waals surface area (Å²) in [4.78, 5) is 16.5. The number of hydrogen-bond donors (Lipinski definition) is 0. The van der Waals surface area contributed by atoms with Gasteiger partial charge in [-0.3, -0.25) is 9.78 Å². The fraction of sp³-hybridized carbons (Fsp3) is 0.200. The van der Waals surface area contributed by atoms with Gasteiger partial charge in [-0.2, -0.15) is 0 Å². The third-order valence-electron chi connectivity index (χ3n) is 2.87. The smallest absolute Gasteiger partial charge is 0.169 e. The highest BCUT2D eigenvalue weighted by Crippen LogP contribution is 2.18. The Bertz CT molecular complexity index is 640. The van der Waals surface area contributed by atoms with Gasteiger partial charge in [-0.05, 0) is 59.6 Å². The third kappa shape index (κ3) is 3.26. The maximum Gasteiger partial charge on any atom is 0.169 e. The van der Waals surface area contributed by atoms with Crippen molar-refractivity contribution < 1.29 is 9.18 Å². The number of benzene rings is 1. The SMILES string of the molecule is Cc1ccc(C(=O)Cc2ccc(F)c(Br)c2)c(C)n1. The number of hydrogen-bond acceptors (Lipinski definition) is 2. The molecular weight excluding hydrogens is 309 g/mol. The largest absolute Gasteiger partial charge is 0.294 e. The highest BCUT2D eigenvalue weighted by molar-refractivity contribution is 9.10. The van der Waals surface area contributed by atoms with Crippen LogP contribution in [0.3, 0.4) is 0 Å². The minimum atomic E-state index is -0.329. The predicted molar refractivity (Wildman–Crippen MR) is 75.8 cm³/mol. The number of carbonyl (C=O) groups excluding carboxylic acids is 1. The second kappa shape index (κ2) is 5.61. The number of nitrogens with zero attached hydrogens (tertiary/aromatic N) is 1. The van der Waals surface area contributed by atoms with Crippen molar-refractivity contribution in [3.63, 3.8) is 0 Å². The highest BCUT2D eigenvalue weighted by Gasteiger charge is 2.12. The Morgan fingerprint density at radius 1 is 1.26 bits per heavy atom. The van der Waals surface area contributed by atoms with Gasteiger partial charge in [-0.1, -0.05) is 6.07 Å². The second-order valence-corrected chi connectivity index (χ2v) is 5.29. The highest BCUT2D eigenvalue weighted by atomic mass is 79.9. The molecule has 0 saturated heterocycles. The Labute approximate surface area is 119 Å². The number of pyridine rings is 1. The van der Waals surface area contributed by atoms with Crippen LogP contribution in [0.5, 0.6) is 0 Å². The van der Waals surface area contributed by atoms with Crippen LogP contribution in [-0.2, 0) is 6.42 Å². The van der Waals surface area contributed by atoms with Crippen LogP contribution < -0.4 is 0 Å². The van der Waals surface area contributed by atoms with Crippen molar-refractivity contribution in [3.8, 4) is 0 Å². The zero-order chi connectivity index (χ0) is 14.0. The lowest BCUT2D eigenvalue weighted by atomic mass is 10.0. The average molecular weight is 322 g/mol. The number of halogens is 2. The Morgan fingerprint density at radius 3 is 2.63 bits per heavy atom. The lowest BCUT2D eigenvalue weighted by molar-refractivity contribution is 0.0992. The normalized spacial score (nSPS) is 10.5. The van der Waals surface area contributed by atoms with E-state index in [2.05, 4.69) is 20.9 Å². The summed E-state index contributed by atoms with van der Waals surface area (Å²) in [5, 5.41) is 0. The molecule has 1 aromatic heterocycles. The molecule has 0 N–H and O–H groups in total. The van der Waals surface area contributed by atoms with E-state index in [9.17, 15) is 9.18 Å². The molecule has 0 atom stereocenters. The molecule has 0 unspecified atom stereocenters. The fourth-order valence-electron chi connectivity index (χ4n) is 1.91. The number of carbonyl (C=O) groups is 1. The number of ketones is 1. The van der Waals surface area contributed by atoms with Gasteiger partial charge in [0, 0.05) is 23.4 Å². The van der Waals surface area contributed by atoms with Gasteiger partial charge in [-0.15, -0.1) is 0 Å². The van der Waals surface area contributed by atoms with E-state index in [1.165, 1.54) is 6.07 Å². The van der Waals surface area contributed by atoms with Crippen molar-refractivity contribution in [2.75, 3.05) is 0 Å². The predicted octanol–water partition coefficient (Wildman–Crippen LogP) is 4.03. The van der Waals surface area contributed by atoms with Gasteiger partial charge in [0.2, 0.25) is 0 Å². The number of aryl methyl sites for hydroxylation is 2. The average Bonchev–Trinajstić information content (AvgIpc) is 2.33. The summed E-state index contributed by atoms with van der Waals surface area (Å²) in [6.45, 7) is 3.71. The van der Waals surface area contributed by atoms with Gasteiger partial charge in [0.05, 0.1) is 4.47 Å². The Hall–Kier alpha value is -1.55. The van der Waals surface area contributed by atoms with Crippen LogP contribution in [0.4, 0.5) is 4.39 Å². The van der Waals surface area contributed by atoms with Gasteiger partial charge in [0.15, 0.2) is 5.78 Å².